The molecule has 1 saturated heterocycles. The molecule has 4 aromatic rings. The minimum atomic E-state index is -0.221. The number of carbonyl (C=O) groups is 1. The molecule has 0 N–H and O–H groups in total. The van der Waals surface area contributed by atoms with Crippen molar-refractivity contribution < 1.29 is 9.18 Å². The molecule has 7 heteroatoms. The Bertz CT molecular complexity index is 1260. The zero-order valence-corrected chi connectivity index (χ0v) is 18.6. The van der Waals surface area contributed by atoms with Gasteiger partial charge in [-0.15, -0.1) is 0 Å². The van der Waals surface area contributed by atoms with Crippen LogP contribution >= 0.6 is 0 Å². The Morgan fingerprint density at radius 3 is 2.42 bits per heavy atom. The highest BCUT2D eigenvalue weighted by atomic mass is 19.1. The summed E-state index contributed by atoms with van der Waals surface area (Å²) in [7, 11) is 0. The number of fused-ring (bicyclic) bond motifs is 1. The van der Waals surface area contributed by atoms with Crippen molar-refractivity contribution in [2.45, 2.75) is 20.0 Å². The summed E-state index contributed by atoms with van der Waals surface area (Å²) < 4.78 is 14.8. The summed E-state index contributed by atoms with van der Waals surface area (Å²) in [6.07, 6.45) is 1.78. The van der Waals surface area contributed by atoms with Crippen LogP contribution in [0.1, 0.15) is 11.3 Å². The lowest BCUT2D eigenvalue weighted by atomic mass is 10.0. The van der Waals surface area contributed by atoms with E-state index in [1.807, 2.05) is 48.2 Å². The first-order chi connectivity index (χ1) is 16.1. The highest BCUT2D eigenvalue weighted by molar-refractivity contribution is 5.95. The number of hydrogen-bond acceptors (Lipinski definition) is 4. The van der Waals surface area contributed by atoms with E-state index in [0.717, 1.165) is 53.1 Å². The summed E-state index contributed by atoms with van der Waals surface area (Å²) in [6, 6.07) is 18.8. The van der Waals surface area contributed by atoms with Crippen LogP contribution in [0.25, 0.3) is 22.2 Å². The molecule has 5 rings (SSSR count). The van der Waals surface area contributed by atoms with Crippen molar-refractivity contribution in [3.63, 3.8) is 0 Å². The number of hydrogen-bond donors (Lipinski definition) is 0. The highest BCUT2D eigenvalue weighted by Gasteiger charge is 2.23. The Morgan fingerprint density at radius 2 is 1.70 bits per heavy atom. The third kappa shape index (κ3) is 4.50. The Kier molecular flexibility index (Phi) is 5.88. The number of nitrogens with zero attached hydrogens (tertiary/aromatic N) is 5. The first-order valence-electron chi connectivity index (χ1n) is 11.2. The molecule has 3 heterocycles. The van der Waals surface area contributed by atoms with Gasteiger partial charge in [0.15, 0.2) is 5.65 Å². The molecular formula is C26H26FN5O. The number of pyridine rings is 1. The second kappa shape index (κ2) is 9.11. The van der Waals surface area contributed by atoms with Crippen LogP contribution in [0, 0.1) is 12.7 Å². The SMILES string of the molecule is Cc1nn(CC(=O)N2CCN(Cc3ccc(F)cc3)CC2)c2nccc(-c3ccccc3)c12. The van der Waals surface area contributed by atoms with Crippen molar-refractivity contribution in [1.29, 1.82) is 0 Å². The predicted octanol–water partition coefficient (Wildman–Crippen LogP) is 3.89. The maximum absolute atomic E-state index is 13.1. The molecule has 168 valence electrons. The lowest BCUT2D eigenvalue weighted by Gasteiger charge is -2.34. The number of piperazine rings is 1. The summed E-state index contributed by atoms with van der Waals surface area (Å²) in [5.74, 6) is -0.173. The second-order valence-corrected chi connectivity index (χ2v) is 8.45. The van der Waals surface area contributed by atoms with E-state index in [0.29, 0.717) is 13.1 Å². The van der Waals surface area contributed by atoms with E-state index in [-0.39, 0.29) is 18.3 Å². The van der Waals surface area contributed by atoms with Gasteiger partial charge in [-0.25, -0.2) is 14.1 Å². The van der Waals surface area contributed by atoms with Gasteiger partial charge in [0.1, 0.15) is 12.4 Å². The molecule has 1 aliphatic heterocycles. The molecule has 0 radical (unpaired) electrons. The fourth-order valence-corrected chi connectivity index (χ4v) is 4.48. The molecule has 0 saturated carbocycles. The summed E-state index contributed by atoms with van der Waals surface area (Å²) in [5, 5.41) is 5.64. The van der Waals surface area contributed by atoms with Crippen LogP contribution in [0.5, 0.6) is 0 Å². The molecular weight excluding hydrogens is 417 g/mol. The predicted molar refractivity (Wildman–Crippen MR) is 126 cm³/mol. The average Bonchev–Trinajstić information content (AvgIpc) is 3.17. The first-order valence-corrected chi connectivity index (χ1v) is 11.2. The molecule has 2 aromatic heterocycles. The standard InChI is InChI=1S/C26H26FN5O/c1-19-25-23(21-5-3-2-4-6-21)11-12-28-26(25)32(29-19)18-24(33)31-15-13-30(14-16-31)17-20-7-9-22(27)10-8-20/h2-12H,13-18H2,1H3. The highest BCUT2D eigenvalue weighted by Crippen LogP contribution is 2.29. The van der Waals surface area contributed by atoms with Gasteiger partial charge in [0.05, 0.1) is 5.69 Å². The van der Waals surface area contributed by atoms with Gasteiger partial charge >= 0.3 is 0 Å². The number of amides is 1. The van der Waals surface area contributed by atoms with Crippen LogP contribution < -0.4 is 0 Å². The van der Waals surface area contributed by atoms with E-state index >= 15 is 0 Å². The van der Waals surface area contributed by atoms with Crippen LogP contribution in [0.3, 0.4) is 0 Å². The normalized spacial score (nSPS) is 14.7. The molecule has 1 amide bonds. The maximum Gasteiger partial charge on any atom is 0.244 e. The number of rotatable bonds is 5. The first kappa shape index (κ1) is 21.3. The molecule has 1 aliphatic rings. The van der Waals surface area contributed by atoms with E-state index in [1.54, 1.807) is 10.9 Å². The van der Waals surface area contributed by atoms with E-state index in [2.05, 4.69) is 27.1 Å². The van der Waals surface area contributed by atoms with Gasteiger partial charge in [0.25, 0.3) is 0 Å². The topological polar surface area (TPSA) is 54.3 Å². The molecule has 2 aromatic carbocycles. The lowest BCUT2D eigenvalue weighted by molar-refractivity contribution is -0.133. The van der Waals surface area contributed by atoms with Crippen molar-refractivity contribution in [1.82, 2.24) is 24.6 Å². The molecule has 0 atom stereocenters. The van der Waals surface area contributed by atoms with Gasteiger partial charge < -0.3 is 4.90 Å². The van der Waals surface area contributed by atoms with Gasteiger partial charge in [-0.1, -0.05) is 42.5 Å². The zero-order valence-electron chi connectivity index (χ0n) is 18.6. The van der Waals surface area contributed by atoms with Crippen molar-refractivity contribution in [3.05, 3.63) is 83.9 Å². The van der Waals surface area contributed by atoms with Crippen LogP contribution in [0.15, 0.2) is 66.9 Å². The van der Waals surface area contributed by atoms with E-state index in [4.69, 9.17) is 0 Å². The average molecular weight is 444 g/mol. The molecule has 1 fully saturated rings. The van der Waals surface area contributed by atoms with Crippen molar-refractivity contribution in [3.8, 4) is 11.1 Å². The third-order valence-electron chi connectivity index (χ3n) is 6.22. The van der Waals surface area contributed by atoms with Gasteiger partial charge in [0, 0.05) is 44.3 Å². The molecule has 0 bridgehead atoms. The van der Waals surface area contributed by atoms with Crippen LogP contribution in [0.4, 0.5) is 4.39 Å². The Hall–Kier alpha value is -3.58. The van der Waals surface area contributed by atoms with E-state index in [1.165, 1.54) is 12.1 Å². The molecule has 0 spiro atoms. The molecule has 6 nitrogen and oxygen atoms in total. The number of aryl methyl sites for hydroxylation is 1. The van der Waals surface area contributed by atoms with Crippen molar-refractivity contribution in [2.75, 3.05) is 26.2 Å². The third-order valence-corrected chi connectivity index (χ3v) is 6.22. The largest absolute Gasteiger partial charge is 0.339 e. The summed E-state index contributed by atoms with van der Waals surface area (Å²) in [4.78, 5) is 21.8. The summed E-state index contributed by atoms with van der Waals surface area (Å²) >= 11 is 0. The summed E-state index contributed by atoms with van der Waals surface area (Å²) in [5.41, 5.74) is 4.86. The number of halogens is 1. The van der Waals surface area contributed by atoms with Gasteiger partial charge in [0.2, 0.25) is 5.91 Å². The second-order valence-electron chi connectivity index (χ2n) is 8.45. The number of carbonyl (C=O) groups excluding carboxylic acids is 1. The quantitative estimate of drug-likeness (QED) is 0.470. The van der Waals surface area contributed by atoms with E-state index < -0.39 is 0 Å². The fraction of sp³-hybridized carbons (Fsp3) is 0.269. The number of benzene rings is 2. The summed E-state index contributed by atoms with van der Waals surface area (Å²) in [6.45, 7) is 5.81. The minimum absolute atomic E-state index is 0.0488. The van der Waals surface area contributed by atoms with Crippen molar-refractivity contribution >= 4 is 16.9 Å². The Labute approximate surface area is 192 Å². The van der Waals surface area contributed by atoms with Crippen LogP contribution in [0.2, 0.25) is 0 Å². The van der Waals surface area contributed by atoms with Gasteiger partial charge in [-0.3, -0.25) is 9.69 Å². The van der Waals surface area contributed by atoms with Gasteiger partial charge in [-0.05, 0) is 41.8 Å². The van der Waals surface area contributed by atoms with Crippen LogP contribution in [-0.2, 0) is 17.9 Å². The smallest absolute Gasteiger partial charge is 0.244 e. The zero-order chi connectivity index (χ0) is 22.8. The Balaban J connectivity index is 1.27. The van der Waals surface area contributed by atoms with E-state index in [9.17, 15) is 9.18 Å². The maximum atomic E-state index is 13.1. The molecule has 0 aliphatic carbocycles. The number of aromatic nitrogens is 3. The van der Waals surface area contributed by atoms with Crippen LogP contribution in [-0.4, -0.2) is 56.7 Å². The monoisotopic (exact) mass is 443 g/mol. The molecule has 0 unspecified atom stereocenters. The molecule has 33 heavy (non-hydrogen) atoms. The lowest BCUT2D eigenvalue weighted by Crippen LogP contribution is -2.49. The van der Waals surface area contributed by atoms with Gasteiger partial charge in [-0.2, -0.15) is 5.10 Å². The van der Waals surface area contributed by atoms with Crippen molar-refractivity contribution in [2.24, 2.45) is 0 Å². The minimum Gasteiger partial charge on any atom is -0.339 e. The fourth-order valence-electron chi connectivity index (χ4n) is 4.48. The Morgan fingerprint density at radius 1 is 0.970 bits per heavy atom.